The van der Waals surface area contributed by atoms with E-state index in [0.29, 0.717) is 5.82 Å². The fourth-order valence-corrected chi connectivity index (χ4v) is 3.31. The molecule has 3 N–H and O–H groups in total. The van der Waals surface area contributed by atoms with Crippen molar-refractivity contribution in [3.63, 3.8) is 0 Å². The summed E-state index contributed by atoms with van der Waals surface area (Å²) in [6, 6.07) is 22.7. The highest BCUT2D eigenvalue weighted by Crippen LogP contribution is 2.25. The number of aliphatic hydroxyl groups is 1. The third-order valence-corrected chi connectivity index (χ3v) is 4.96. The van der Waals surface area contributed by atoms with Gasteiger partial charge in [-0.05, 0) is 35.1 Å². The molecular weight excluding hydrogens is 376 g/mol. The summed E-state index contributed by atoms with van der Waals surface area (Å²) < 4.78 is 1.71. The van der Waals surface area contributed by atoms with Crippen LogP contribution in [0.2, 0.25) is 0 Å². The van der Waals surface area contributed by atoms with Crippen LogP contribution < -0.4 is 10.6 Å². The molecule has 0 aliphatic carbocycles. The predicted octanol–water partition coefficient (Wildman–Crippen LogP) is 5.29. The molecule has 4 aromatic rings. The van der Waals surface area contributed by atoms with E-state index in [2.05, 4.69) is 29.6 Å². The summed E-state index contributed by atoms with van der Waals surface area (Å²) in [7, 11) is 0. The van der Waals surface area contributed by atoms with Crippen LogP contribution in [-0.4, -0.2) is 20.9 Å². The van der Waals surface area contributed by atoms with E-state index in [0.717, 1.165) is 33.4 Å². The molecule has 0 unspecified atom stereocenters. The van der Waals surface area contributed by atoms with Crippen molar-refractivity contribution in [2.75, 3.05) is 10.6 Å². The first-order chi connectivity index (χ1) is 14.5. The van der Waals surface area contributed by atoms with E-state index < -0.39 is 0 Å². The summed E-state index contributed by atoms with van der Waals surface area (Å²) >= 11 is 0. The van der Waals surface area contributed by atoms with Crippen LogP contribution in [0.4, 0.5) is 16.3 Å². The molecular formula is C24H24N4O2. The van der Waals surface area contributed by atoms with Gasteiger partial charge in [-0.1, -0.05) is 62.4 Å². The Labute approximate surface area is 175 Å². The molecule has 1 heterocycles. The zero-order valence-electron chi connectivity index (χ0n) is 17.0. The molecule has 0 radical (unpaired) electrons. The molecule has 0 fully saturated rings. The summed E-state index contributed by atoms with van der Waals surface area (Å²) in [5.74, 6) is 0.790. The van der Waals surface area contributed by atoms with Gasteiger partial charge in [-0.15, -0.1) is 0 Å². The van der Waals surface area contributed by atoms with E-state index in [1.165, 1.54) is 0 Å². The van der Waals surface area contributed by atoms with Gasteiger partial charge < -0.3 is 10.4 Å². The first-order valence-corrected chi connectivity index (χ1v) is 9.91. The molecule has 4 rings (SSSR count). The first kappa shape index (κ1) is 19.7. The standard InChI is InChI=1S/C24H24N4O2/c1-16(2)22-14-23(28(27-22)19-12-10-17(15-29)11-13-19)26-24(30)25-21-9-5-7-18-6-3-4-8-20(18)21/h3-14,16,29H,15H2,1-2H3,(H2,25,26,30). The third kappa shape index (κ3) is 4.04. The number of carbonyl (C=O) groups excluding carboxylic acids is 1. The largest absolute Gasteiger partial charge is 0.392 e. The predicted molar refractivity (Wildman–Crippen MR) is 120 cm³/mol. The topological polar surface area (TPSA) is 79.2 Å². The maximum absolute atomic E-state index is 12.8. The average Bonchev–Trinajstić information content (AvgIpc) is 3.18. The number of nitrogens with one attached hydrogen (secondary N) is 2. The number of aliphatic hydroxyl groups excluding tert-OH is 1. The van der Waals surface area contributed by atoms with Gasteiger partial charge in [-0.2, -0.15) is 5.10 Å². The fraction of sp³-hybridized carbons (Fsp3) is 0.167. The minimum Gasteiger partial charge on any atom is -0.392 e. The molecule has 3 aromatic carbocycles. The smallest absolute Gasteiger partial charge is 0.324 e. The second-order valence-corrected chi connectivity index (χ2v) is 7.45. The van der Waals surface area contributed by atoms with E-state index in [1.807, 2.05) is 72.8 Å². The quantitative estimate of drug-likeness (QED) is 0.426. The highest BCUT2D eigenvalue weighted by atomic mass is 16.3. The maximum atomic E-state index is 12.8. The molecule has 30 heavy (non-hydrogen) atoms. The lowest BCUT2D eigenvalue weighted by Gasteiger charge is -2.12. The molecule has 0 aliphatic rings. The Morgan fingerprint density at radius 2 is 1.73 bits per heavy atom. The zero-order chi connectivity index (χ0) is 21.1. The normalized spacial score (nSPS) is 11.1. The van der Waals surface area contributed by atoms with Crippen molar-refractivity contribution >= 4 is 28.3 Å². The minimum atomic E-state index is -0.338. The molecule has 2 amide bonds. The Balaban J connectivity index is 1.62. The van der Waals surface area contributed by atoms with Gasteiger partial charge in [0.25, 0.3) is 0 Å². The Kier molecular flexibility index (Phi) is 5.50. The van der Waals surface area contributed by atoms with Crippen LogP contribution in [0, 0.1) is 0 Å². The van der Waals surface area contributed by atoms with E-state index >= 15 is 0 Å². The van der Waals surface area contributed by atoms with Gasteiger partial charge in [0.05, 0.1) is 23.7 Å². The molecule has 0 spiro atoms. The number of amides is 2. The second-order valence-electron chi connectivity index (χ2n) is 7.45. The van der Waals surface area contributed by atoms with Crippen LogP contribution in [0.3, 0.4) is 0 Å². The van der Waals surface area contributed by atoms with Crippen LogP contribution in [0.5, 0.6) is 0 Å². The molecule has 0 saturated carbocycles. The number of anilines is 2. The van der Waals surface area contributed by atoms with Crippen LogP contribution in [0.1, 0.15) is 31.0 Å². The molecule has 0 bridgehead atoms. The Bertz CT molecular complexity index is 1170. The van der Waals surface area contributed by atoms with Gasteiger partial charge in [0.2, 0.25) is 0 Å². The number of fused-ring (bicyclic) bond motifs is 1. The highest BCUT2D eigenvalue weighted by molar-refractivity contribution is 6.06. The summed E-state index contributed by atoms with van der Waals surface area (Å²) in [6.45, 7) is 4.10. The number of urea groups is 1. The Morgan fingerprint density at radius 1 is 1.00 bits per heavy atom. The highest BCUT2D eigenvalue weighted by Gasteiger charge is 2.15. The summed E-state index contributed by atoms with van der Waals surface area (Å²) in [5.41, 5.74) is 3.24. The molecule has 6 heteroatoms. The zero-order valence-corrected chi connectivity index (χ0v) is 17.0. The van der Waals surface area contributed by atoms with Crippen molar-refractivity contribution in [2.45, 2.75) is 26.4 Å². The average molecular weight is 400 g/mol. The number of aromatic nitrogens is 2. The number of hydrogen-bond acceptors (Lipinski definition) is 3. The van der Waals surface area contributed by atoms with Crippen LogP contribution >= 0.6 is 0 Å². The second kappa shape index (κ2) is 8.39. The van der Waals surface area contributed by atoms with Gasteiger partial charge in [-0.25, -0.2) is 9.48 Å². The van der Waals surface area contributed by atoms with Crippen molar-refractivity contribution in [3.8, 4) is 5.69 Å². The maximum Gasteiger partial charge on any atom is 0.324 e. The van der Waals surface area contributed by atoms with Gasteiger partial charge in [0.1, 0.15) is 5.82 Å². The van der Waals surface area contributed by atoms with E-state index in [9.17, 15) is 9.90 Å². The lowest BCUT2D eigenvalue weighted by molar-refractivity contribution is 0.262. The number of benzene rings is 3. The molecule has 6 nitrogen and oxygen atoms in total. The third-order valence-electron chi connectivity index (χ3n) is 4.96. The van der Waals surface area contributed by atoms with Crippen molar-refractivity contribution in [3.05, 3.63) is 84.1 Å². The van der Waals surface area contributed by atoms with E-state index in [-0.39, 0.29) is 18.6 Å². The molecule has 0 atom stereocenters. The Morgan fingerprint density at radius 3 is 2.47 bits per heavy atom. The van der Waals surface area contributed by atoms with Crippen molar-refractivity contribution in [1.29, 1.82) is 0 Å². The number of nitrogens with zero attached hydrogens (tertiary/aromatic N) is 2. The molecule has 1 aromatic heterocycles. The Hall–Kier alpha value is -3.64. The van der Waals surface area contributed by atoms with E-state index in [1.54, 1.807) is 4.68 Å². The number of rotatable bonds is 5. The summed E-state index contributed by atoms with van der Waals surface area (Å²) in [5, 5.41) is 21.8. The van der Waals surface area contributed by atoms with Crippen LogP contribution in [0.25, 0.3) is 16.5 Å². The molecule has 152 valence electrons. The summed E-state index contributed by atoms with van der Waals surface area (Å²) in [4.78, 5) is 12.8. The number of carbonyl (C=O) groups is 1. The fourth-order valence-electron chi connectivity index (χ4n) is 3.31. The van der Waals surface area contributed by atoms with Gasteiger partial charge in [0, 0.05) is 11.5 Å². The SMILES string of the molecule is CC(C)c1cc(NC(=O)Nc2cccc3ccccc23)n(-c2ccc(CO)cc2)n1. The lowest BCUT2D eigenvalue weighted by Crippen LogP contribution is -2.21. The van der Waals surface area contributed by atoms with Crippen molar-refractivity contribution < 1.29 is 9.90 Å². The molecule has 0 saturated heterocycles. The van der Waals surface area contributed by atoms with Crippen molar-refractivity contribution in [2.24, 2.45) is 0 Å². The monoisotopic (exact) mass is 400 g/mol. The molecule has 0 aliphatic heterocycles. The van der Waals surface area contributed by atoms with E-state index in [4.69, 9.17) is 0 Å². The minimum absolute atomic E-state index is 0.0187. The van der Waals surface area contributed by atoms with Gasteiger partial charge >= 0.3 is 6.03 Å². The summed E-state index contributed by atoms with van der Waals surface area (Å²) in [6.07, 6.45) is 0. The van der Waals surface area contributed by atoms with Gasteiger partial charge in [-0.3, -0.25) is 5.32 Å². The van der Waals surface area contributed by atoms with Crippen molar-refractivity contribution in [1.82, 2.24) is 9.78 Å². The van der Waals surface area contributed by atoms with Gasteiger partial charge in [0.15, 0.2) is 0 Å². The van der Waals surface area contributed by atoms with Crippen LogP contribution in [0.15, 0.2) is 72.8 Å². The number of hydrogen-bond donors (Lipinski definition) is 3. The lowest BCUT2D eigenvalue weighted by atomic mass is 10.1. The van der Waals surface area contributed by atoms with Crippen LogP contribution in [-0.2, 0) is 6.61 Å². The first-order valence-electron chi connectivity index (χ1n) is 9.91.